The summed E-state index contributed by atoms with van der Waals surface area (Å²) in [7, 11) is -4.35. The molecule has 1 amide bonds. The monoisotopic (exact) mass is 560 g/mol. The normalized spacial score (nSPS) is 11.8. The van der Waals surface area contributed by atoms with Gasteiger partial charge in [0, 0.05) is 28.6 Å². The number of nitrogens with zero attached hydrogens (tertiary/aromatic N) is 1. The van der Waals surface area contributed by atoms with Crippen LogP contribution >= 0.6 is 23.4 Å². The van der Waals surface area contributed by atoms with Gasteiger partial charge >= 0.3 is 6.18 Å². The van der Waals surface area contributed by atoms with E-state index in [1.165, 1.54) is 54.2 Å². The van der Waals surface area contributed by atoms with Gasteiger partial charge in [0.1, 0.15) is 12.4 Å². The van der Waals surface area contributed by atoms with Crippen LogP contribution in [0.4, 0.5) is 23.2 Å². The average Bonchev–Trinajstić information content (AvgIpc) is 2.84. The van der Waals surface area contributed by atoms with Crippen LogP contribution in [0.2, 0.25) is 5.02 Å². The molecule has 0 saturated carbocycles. The zero-order valence-corrected chi connectivity index (χ0v) is 21.0. The maximum absolute atomic E-state index is 13.8. The molecule has 36 heavy (non-hydrogen) atoms. The number of halogens is 5. The lowest BCUT2D eigenvalue weighted by Gasteiger charge is -2.25. The van der Waals surface area contributed by atoms with Crippen LogP contribution in [0.15, 0.2) is 77.7 Å². The van der Waals surface area contributed by atoms with Gasteiger partial charge in [0.05, 0.1) is 16.1 Å². The van der Waals surface area contributed by atoms with Gasteiger partial charge in [0.15, 0.2) is 0 Å². The fourth-order valence-electron chi connectivity index (χ4n) is 3.17. The standard InChI is InChI=1S/C24H21ClF4N2O3S2/c25-21-10-5-11-22(26)20(21)16-35-13-12-30-23(32)15-31(36(33,34)19-8-2-1-3-9-19)18-7-4-6-17(14-18)24(27,28)29/h1-11,14H,12-13,15-16H2,(H,30,32). The minimum atomic E-state index is -4.70. The lowest BCUT2D eigenvalue weighted by Crippen LogP contribution is -2.41. The number of carbonyl (C=O) groups excluding carboxylic acids is 1. The molecule has 0 saturated heterocycles. The second kappa shape index (κ2) is 12.0. The molecule has 0 radical (unpaired) electrons. The molecule has 0 atom stereocenters. The topological polar surface area (TPSA) is 66.5 Å². The quantitative estimate of drug-likeness (QED) is 0.254. The van der Waals surface area contributed by atoms with Gasteiger partial charge in [0.2, 0.25) is 5.91 Å². The zero-order chi connectivity index (χ0) is 26.3. The number of nitrogens with one attached hydrogen (secondary N) is 1. The average molecular weight is 561 g/mol. The summed E-state index contributed by atoms with van der Waals surface area (Å²) in [6, 6.07) is 15.2. The highest BCUT2D eigenvalue weighted by atomic mass is 35.5. The molecule has 0 aliphatic heterocycles. The first-order valence-electron chi connectivity index (χ1n) is 10.5. The van der Waals surface area contributed by atoms with Crippen molar-refractivity contribution in [2.45, 2.75) is 16.8 Å². The Morgan fingerprint density at radius 1 is 1.00 bits per heavy atom. The third kappa shape index (κ3) is 7.14. The Morgan fingerprint density at radius 3 is 2.36 bits per heavy atom. The van der Waals surface area contributed by atoms with Crippen molar-refractivity contribution in [2.24, 2.45) is 0 Å². The Kier molecular flexibility index (Phi) is 9.26. The van der Waals surface area contributed by atoms with Gasteiger partial charge in [-0.15, -0.1) is 0 Å². The van der Waals surface area contributed by atoms with E-state index in [1.54, 1.807) is 12.1 Å². The number of hydrogen-bond donors (Lipinski definition) is 1. The Hall–Kier alpha value is -2.76. The lowest BCUT2D eigenvalue weighted by molar-refractivity contribution is -0.137. The third-order valence-corrected chi connectivity index (χ3v) is 8.08. The molecule has 3 rings (SSSR count). The lowest BCUT2D eigenvalue weighted by atomic mass is 10.2. The Morgan fingerprint density at radius 2 is 1.69 bits per heavy atom. The Balaban J connectivity index is 1.71. The maximum atomic E-state index is 13.8. The van der Waals surface area contributed by atoms with Crippen molar-refractivity contribution in [3.8, 4) is 0 Å². The van der Waals surface area contributed by atoms with Crippen molar-refractivity contribution in [2.75, 3.05) is 23.1 Å². The molecule has 0 unspecified atom stereocenters. The van der Waals surface area contributed by atoms with E-state index in [0.29, 0.717) is 21.7 Å². The fourth-order valence-corrected chi connectivity index (χ4v) is 5.80. The summed E-state index contributed by atoms with van der Waals surface area (Å²) in [5, 5.41) is 2.84. The van der Waals surface area contributed by atoms with Crippen molar-refractivity contribution < 1.29 is 30.8 Å². The summed E-state index contributed by atoms with van der Waals surface area (Å²) in [6.45, 7) is -0.611. The van der Waals surface area contributed by atoms with Crippen molar-refractivity contribution in [3.05, 3.63) is 94.8 Å². The first kappa shape index (κ1) is 27.8. The number of sulfonamides is 1. The molecule has 0 fully saturated rings. The summed E-state index contributed by atoms with van der Waals surface area (Å²) in [5.74, 6) is -0.524. The zero-order valence-electron chi connectivity index (χ0n) is 18.6. The molecular formula is C24H21ClF4N2O3S2. The first-order valence-corrected chi connectivity index (χ1v) is 13.5. The third-order valence-electron chi connectivity index (χ3n) is 4.96. The van der Waals surface area contributed by atoms with E-state index in [9.17, 15) is 30.8 Å². The minimum Gasteiger partial charge on any atom is -0.354 e. The van der Waals surface area contributed by atoms with Crippen LogP contribution < -0.4 is 9.62 Å². The predicted octanol–water partition coefficient (Wildman–Crippen LogP) is 5.74. The molecule has 0 heterocycles. The number of amides is 1. The summed E-state index contributed by atoms with van der Waals surface area (Å²) >= 11 is 7.29. The molecule has 12 heteroatoms. The van der Waals surface area contributed by atoms with E-state index < -0.39 is 40.0 Å². The van der Waals surface area contributed by atoms with Crippen molar-refractivity contribution in [1.29, 1.82) is 0 Å². The van der Waals surface area contributed by atoms with E-state index in [-0.39, 0.29) is 27.9 Å². The molecule has 0 bridgehead atoms. The molecule has 0 aliphatic carbocycles. The van der Waals surface area contributed by atoms with Gasteiger partial charge in [-0.05, 0) is 42.5 Å². The molecule has 0 spiro atoms. The summed E-state index contributed by atoms with van der Waals surface area (Å²) in [4.78, 5) is 12.4. The van der Waals surface area contributed by atoms with E-state index in [2.05, 4.69) is 5.32 Å². The number of thioether (sulfide) groups is 1. The van der Waals surface area contributed by atoms with E-state index in [0.717, 1.165) is 12.1 Å². The van der Waals surface area contributed by atoms with E-state index in [4.69, 9.17) is 11.6 Å². The van der Waals surface area contributed by atoms with Crippen LogP contribution in [0.25, 0.3) is 0 Å². The van der Waals surface area contributed by atoms with Gasteiger partial charge in [0.25, 0.3) is 10.0 Å². The Labute approximate surface area is 215 Å². The van der Waals surface area contributed by atoms with E-state index in [1.807, 2.05) is 0 Å². The molecule has 5 nitrogen and oxygen atoms in total. The number of hydrogen-bond acceptors (Lipinski definition) is 4. The predicted molar refractivity (Wildman–Crippen MR) is 133 cm³/mol. The number of benzene rings is 3. The highest BCUT2D eigenvalue weighted by molar-refractivity contribution is 7.98. The summed E-state index contributed by atoms with van der Waals surface area (Å²) in [6.07, 6.45) is -4.70. The van der Waals surface area contributed by atoms with Crippen LogP contribution in [0.5, 0.6) is 0 Å². The van der Waals surface area contributed by atoms with Gasteiger partial charge in [-0.3, -0.25) is 9.10 Å². The number of rotatable bonds is 10. The van der Waals surface area contributed by atoms with Gasteiger partial charge < -0.3 is 5.32 Å². The highest BCUT2D eigenvalue weighted by Crippen LogP contribution is 2.33. The molecular weight excluding hydrogens is 540 g/mol. The summed E-state index contributed by atoms with van der Waals surface area (Å²) in [5.41, 5.74) is -1.01. The molecule has 0 aromatic heterocycles. The molecule has 3 aromatic rings. The van der Waals surface area contributed by atoms with Crippen molar-refractivity contribution >= 4 is 45.0 Å². The smallest absolute Gasteiger partial charge is 0.354 e. The van der Waals surface area contributed by atoms with Gasteiger partial charge in [-0.1, -0.05) is 41.9 Å². The van der Waals surface area contributed by atoms with Gasteiger partial charge in [-0.25, -0.2) is 12.8 Å². The summed E-state index contributed by atoms with van der Waals surface area (Å²) < 4.78 is 80.7. The van der Waals surface area contributed by atoms with Crippen LogP contribution in [0.1, 0.15) is 11.1 Å². The van der Waals surface area contributed by atoms with Crippen LogP contribution in [-0.2, 0) is 26.7 Å². The fraction of sp³-hybridized carbons (Fsp3) is 0.208. The highest BCUT2D eigenvalue weighted by Gasteiger charge is 2.33. The Bertz CT molecular complexity index is 1290. The molecule has 1 N–H and O–H groups in total. The molecule has 3 aromatic carbocycles. The largest absolute Gasteiger partial charge is 0.416 e. The SMILES string of the molecule is O=C(CN(c1cccc(C(F)(F)F)c1)S(=O)(=O)c1ccccc1)NCCSCc1c(F)cccc1Cl. The van der Waals surface area contributed by atoms with E-state index >= 15 is 0 Å². The van der Waals surface area contributed by atoms with Crippen LogP contribution in [-0.4, -0.2) is 33.2 Å². The van der Waals surface area contributed by atoms with Gasteiger partial charge in [-0.2, -0.15) is 24.9 Å². The molecule has 0 aliphatic rings. The van der Waals surface area contributed by atoms with Crippen molar-refractivity contribution in [3.63, 3.8) is 0 Å². The number of anilines is 1. The minimum absolute atomic E-state index is 0.122. The maximum Gasteiger partial charge on any atom is 0.416 e. The second-order valence-electron chi connectivity index (χ2n) is 7.48. The first-order chi connectivity index (χ1) is 17.0. The number of alkyl halides is 3. The van der Waals surface area contributed by atoms with Crippen molar-refractivity contribution in [1.82, 2.24) is 5.32 Å². The molecule has 192 valence electrons. The van der Waals surface area contributed by atoms with Crippen LogP contribution in [0.3, 0.4) is 0 Å². The second-order valence-corrected chi connectivity index (χ2v) is 10.9. The number of carbonyl (C=O) groups is 1. The van der Waals surface area contributed by atoms with Crippen LogP contribution in [0, 0.1) is 5.82 Å².